The zero-order valence-corrected chi connectivity index (χ0v) is 9.60. The molecule has 0 rings (SSSR count). The number of ketones is 1. The molecule has 2 N–H and O–H groups in total. The maximum absolute atomic E-state index is 11.4. The van der Waals surface area contributed by atoms with Gasteiger partial charge in [0.1, 0.15) is 0 Å². The van der Waals surface area contributed by atoms with Gasteiger partial charge in [0.2, 0.25) is 0 Å². The lowest BCUT2D eigenvalue weighted by molar-refractivity contribution is -0.148. The van der Waals surface area contributed by atoms with E-state index in [0.29, 0.717) is 6.42 Å². The third-order valence-corrected chi connectivity index (χ3v) is 1.95. The molecule has 84 valence electrons. The molecule has 0 aromatic rings. The van der Waals surface area contributed by atoms with Crippen LogP contribution in [0.25, 0.3) is 0 Å². The largest absolute Gasteiger partial charge is 0.464 e. The maximum atomic E-state index is 11.4. The molecule has 14 heavy (non-hydrogen) atoms. The molecule has 0 spiro atoms. The van der Waals surface area contributed by atoms with Gasteiger partial charge in [-0.15, -0.1) is 12.4 Å². The van der Waals surface area contributed by atoms with Crippen molar-refractivity contribution in [2.24, 2.45) is 11.7 Å². The molecule has 2 unspecified atom stereocenters. The molecule has 0 aliphatic carbocycles. The van der Waals surface area contributed by atoms with Crippen LogP contribution in [0.3, 0.4) is 0 Å². The van der Waals surface area contributed by atoms with Crippen molar-refractivity contribution in [1.29, 1.82) is 0 Å². The Morgan fingerprint density at radius 3 is 2.21 bits per heavy atom. The molecule has 0 saturated carbocycles. The molecule has 0 amide bonds. The molecule has 5 heteroatoms. The van der Waals surface area contributed by atoms with Crippen LogP contribution in [0.15, 0.2) is 0 Å². The minimum Gasteiger partial charge on any atom is -0.464 e. The van der Waals surface area contributed by atoms with Crippen molar-refractivity contribution in [3.63, 3.8) is 0 Å². The number of nitrogens with two attached hydrogens (primary N) is 1. The summed E-state index contributed by atoms with van der Waals surface area (Å²) in [6, 6.07) is -1.12. The average molecular weight is 224 g/mol. The second-order valence-electron chi connectivity index (χ2n) is 2.94. The predicted octanol–water partition coefficient (Wildman–Crippen LogP) is 0.914. The standard InChI is InChI=1S/C9H17NO3.ClH/c1-4-6(3)8(11)7(10)9(12)13-5-2;/h6-7H,4-5,10H2,1-3H3;1H. The number of hydrogen-bond acceptors (Lipinski definition) is 4. The minimum absolute atomic E-state index is 0. The molecule has 0 fully saturated rings. The summed E-state index contributed by atoms with van der Waals surface area (Å²) in [5.74, 6) is -1.06. The Morgan fingerprint density at radius 2 is 1.86 bits per heavy atom. The highest BCUT2D eigenvalue weighted by molar-refractivity contribution is 6.03. The number of esters is 1. The molecule has 0 heterocycles. The van der Waals surface area contributed by atoms with Gasteiger partial charge in [0.25, 0.3) is 0 Å². The Balaban J connectivity index is 0. The number of carbonyl (C=O) groups excluding carboxylic acids is 2. The SMILES string of the molecule is CCOC(=O)C(N)C(=O)C(C)CC.Cl. The van der Waals surface area contributed by atoms with Gasteiger partial charge < -0.3 is 10.5 Å². The lowest BCUT2D eigenvalue weighted by Gasteiger charge is -2.13. The maximum Gasteiger partial charge on any atom is 0.330 e. The summed E-state index contributed by atoms with van der Waals surface area (Å²) in [5.41, 5.74) is 5.40. The monoisotopic (exact) mass is 223 g/mol. The Hall–Kier alpha value is -0.610. The Bertz CT molecular complexity index is 196. The highest BCUT2D eigenvalue weighted by atomic mass is 35.5. The second-order valence-corrected chi connectivity index (χ2v) is 2.94. The van der Waals surface area contributed by atoms with E-state index in [-0.39, 0.29) is 30.7 Å². The van der Waals surface area contributed by atoms with Gasteiger partial charge in [-0.1, -0.05) is 13.8 Å². The van der Waals surface area contributed by atoms with E-state index >= 15 is 0 Å². The van der Waals surface area contributed by atoms with Crippen LogP contribution in [0.5, 0.6) is 0 Å². The molecule has 0 saturated heterocycles. The van der Waals surface area contributed by atoms with Crippen LogP contribution in [0, 0.1) is 5.92 Å². The van der Waals surface area contributed by atoms with Crippen molar-refractivity contribution in [1.82, 2.24) is 0 Å². The number of ether oxygens (including phenoxy) is 1. The van der Waals surface area contributed by atoms with E-state index in [0.717, 1.165) is 0 Å². The van der Waals surface area contributed by atoms with Crippen LogP contribution in [0.4, 0.5) is 0 Å². The summed E-state index contributed by atoms with van der Waals surface area (Å²) in [4.78, 5) is 22.4. The van der Waals surface area contributed by atoms with E-state index in [1.807, 2.05) is 6.92 Å². The third-order valence-electron chi connectivity index (χ3n) is 1.95. The Morgan fingerprint density at radius 1 is 1.36 bits per heavy atom. The van der Waals surface area contributed by atoms with Crippen LogP contribution in [0.1, 0.15) is 27.2 Å². The summed E-state index contributed by atoms with van der Waals surface area (Å²) in [7, 11) is 0. The van der Waals surface area contributed by atoms with Crippen LogP contribution in [-0.4, -0.2) is 24.4 Å². The number of rotatable bonds is 5. The predicted molar refractivity (Wildman–Crippen MR) is 56.3 cm³/mol. The fraction of sp³-hybridized carbons (Fsp3) is 0.778. The zero-order chi connectivity index (χ0) is 10.4. The molecule has 2 atom stereocenters. The lowest BCUT2D eigenvalue weighted by atomic mass is 9.98. The van der Waals surface area contributed by atoms with E-state index in [2.05, 4.69) is 4.74 Å². The van der Waals surface area contributed by atoms with E-state index in [4.69, 9.17) is 5.73 Å². The van der Waals surface area contributed by atoms with Crippen molar-refractivity contribution < 1.29 is 14.3 Å². The van der Waals surface area contributed by atoms with Crippen LogP contribution < -0.4 is 5.73 Å². The van der Waals surface area contributed by atoms with E-state index in [9.17, 15) is 9.59 Å². The van der Waals surface area contributed by atoms with Crippen molar-refractivity contribution in [2.45, 2.75) is 33.2 Å². The van der Waals surface area contributed by atoms with Gasteiger partial charge in [-0.2, -0.15) is 0 Å². The van der Waals surface area contributed by atoms with Crippen molar-refractivity contribution in [3.05, 3.63) is 0 Å². The Labute approximate surface area is 90.6 Å². The average Bonchev–Trinajstić information content (AvgIpc) is 2.14. The highest BCUT2D eigenvalue weighted by Gasteiger charge is 2.26. The normalized spacial score (nSPS) is 13.7. The smallest absolute Gasteiger partial charge is 0.330 e. The van der Waals surface area contributed by atoms with Gasteiger partial charge >= 0.3 is 5.97 Å². The topological polar surface area (TPSA) is 69.4 Å². The Kier molecular flexibility index (Phi) is 8.79. The molecule has 0 aliphatic rings. The van der Waals surface area contributed by atoms with Gasteiger partial charge in [0, 0.05) is 5.92 Å². The van der Waals surface area contributed by atoms with Gasteiger partial charge in [0.15, 0.2) is 11.8 Å². The molecular weight excluding hydrogens is 206 g/mol. The molecule has 0 aromatic carbocycles. The third kappa shape index (κ3) is 4.58. The number of halogens is 1. The number of Topliss-reactive ketones (excluding diaryl/α,β-unsaturated/α-hetero) is 1. The first-order chi connectivity index (χ1) is 6.04. The first kappa shape index (κ1) is 15.8. The van der Waals surface area contributed by atoms with Gasteiger partial charge in [-0.05, 0) is 13.3 Å². The van der Waals surface area contributed by atoms with Gasteiger partial charge in [-0.25, -0.2) is 4.79 Å². The molecule has 4 nitrogen and oxygen atoms in total. The van der Waals surface area contributed by atoms with Crippen molar-refractivity contribution in [3.8, 4) is 0 Å². The summed E-state index contributed by atoms with van der Waals surface area (Å²) in [6.07, 6.45) is 0.686. The van der Waals surface area contributed by atoms with E-state index in [1.54, 1.807) is 13.8 Å². The first-order valence-corrected chi connectivity index (χ1v) is 4.50. The molecular formula is C9H18ClNO3. The molecule has 0 radical (unpaired) electrons. The zero-order valence-electron chi connectivity index (χ0n) is 8.78. The number of carbonyl (C=O) groups is 2. The summed E-state index contributed by atoms with van der Waals surface area (Å²) < 4.78 is 4.63. The minimum atomic E-state index is -1.12. The quantitative estimate of drug-likeness (QED) is 0.556. The summed E-state index contributed by atoms with van der Waals surface area (Å²) in [6.45, 7) is 5.56. The fourth-order valence-corrected chi connectivity index (χ4v) is 0.856. The molecule has 0 aliphatic heterocycles. The second kappa shape index (κ2) is 7.76. The lowest BCUT2D eigenvalue weighted by Crippen LogP contribution is -2.42. The summed E-state index contributed by atoms with van der Waals surface area (Å²) >= 11 is 0. The molecule has 0 aromatic heterocycles. The van der Waals surface area contributed by atoms with Gasteiger partial charge in [0.05, 0.1) is 6.61 Å². The van der Waals surface area contributed by atoms with E-state index in [1.165, 1.54) is 0 Å². The first-order valence-electron chi connectivity index (χ1n) is 4.50. The number of hydrogen-bond donors (Lipinski definition) is 1. The van der Waals surface area contributed by atoms with Crippen LogP contribution in [0.2, 0.25) is 0 Å². The highest BCUT2D eigenvalue weighted by Crippen LogP contribution is 2.05. The van der Waals surface area contributed by atoms with Crippen molar-refractivity contribution in [2.75, 3.05) is 6.61 Å². The van der Waals surface area contributed by atoms with Gasteiger partial charge in [-0.3, -0.25) is 4.79 Å². The van der Waals surface area contributed by atoms with Crippen LogP contribution in [-0.2, 0) is 14.3 Å². The van der Waals surface area contributed by atoms with Crippen LogP contribution >= 0.6 is 12.4 Å². The van der Waals surface area contributed by atoms with Crippen molar-refractivity contribution >= 4 is 24.2 Å². The molecule has 0 bridgehead atoms. The summed E-state index contributed by atoms with van der Waals surface area (Å²) in [5, 5.41) is 0. The fourth-order valence-electron chi connectivity index (χ4n) is 0.856. The van der Waals surface area contributed by atoms with E-state index < -0.39 is 12.0 Å².